The molecule has 0 amide bonds. The van der Waals surface area contributed by atoms with Crippen LogP contribution in [-0.4, -0.2) is 27.0 Å². The maximum absolute atomic E-state index is 12.5. The molecule has 0 saturated carbocycles. The topological polar surface area (TPSA) is 72.5 Å². The summed E-state index contributed by atoms with van der Waals surface area (Å²) >= 11 is 0. The molecule has 0 aliphatic carbocycles. The number of aryl methyl sites for hydroxylation is 1. The fraction of sp³-hybridized carbons (Fsp3) is 0.471. The number of nitrogens with one attached hydrogen (secondary N) is 1. The van der Waals surface area contributed by atoms with Crippen molar-refractivity contribution in [2.75, 3.05) is 6.61 Å². The van der Waals surface area contributed by atoms with Gasteiger partial charge < -0.3 is 4.74 Å². The number of sulfonamides is 1. The lowest BCUT2D eigenvalue weighted by molar-refractivity contribution is -0.145. The Morgan fingerprint density at radius 1 is 1.26 bits per heavy atom. The van der Waals surface area contributed by atoms with Gasteiger partial charge in [0.05, 0.1) is 11.5 Å². The first-order valence-electron chi connectivity index (χ1n) is 7.73. The molecule has 1 aromatic carbocycles. The molecule has 23 heavy (non-hydrogen) atoms. The molecule has 0 fully saturated rings. The average Bonchev–Trinajstić information content (AvgIpc) is 2.51. The van der Waals surface area contributed by atoms with Crippen LogP contribution in [0.4, 0.5) is 0 Å². The first-order chi connectivity index (χ1) is 10.8. The van der Waals surface area contributed by atoms with Crippen molar-refractivity contribution < 1.29 is 17.9 Å². The minimum atomic E-state index is -3.78. The molecule has 128 valence electrons. The van der Waals surface area contributed by atoms with E-state index in [4.69, 9.17) is 4.74 Å². The highest BCUT2D eigenvalue weighted by Gasteiger charge is 2.27. The van der Waals surface area contributed by atoms with Crippen molar-refractivity contribution in [1.82, 2.24) is 4.72 Å². The van der Waals surface area contributed by atoms with E-state index in [1.807, 2.05) is 26.8 Å². The summed E-state index contributed by atoms with van der Waals surface area (Å²) < 4.78 is 32.4. The van der Waals surface area contributed by atoms with Crippen LogP contribution in [0.2, 0.25) is 0 Å². The summed E-state index contributed by atoms with van der Waals surface area (Å²) in [4.78, 5) is 12.2. The lowest BCUT2D eigenvalue weighted by atomic mass is 10.0. The Morgan fingerprint density at radius 3 is 2.35 bits per heavy atom. The molecule has 0 radical (unpaired) electrons. The van der Waals surface area contributed by atoms with Gasteiger partial charge in [0.1, 0.15) is 6.04 Å². The van der Waals surface area contributed by atoms with Gasteiger partial charge in [0.15, 0.2) is 0 Å². The fourth-order valence-electron chi connectivity index (χ4n) is 2.12. The molecule has 0 spiro atoms. The summed E-state index contributed by atoms with van der Waals surface area (Å²) in [5, 5.41) is 0. The number of rotatable bonds is 8. The van der Waals surface area contributed by atoms with E-state index in [9.17, 15) is 13.2 Å². The van der Waals surface area contributed by atoms with Crippen molar-refractivity contribution in [3.63, 3.8) is 0 Å². The maximum atomic E-state index is 12.5. The van der Waals surface area contributed by atoms with E-state index < -0.39 is 22.0 Å². The van der Waals surface area contributed by atoms with Gasteiger partial charge >= 0.3 is 5.97 Å². The van der Waals surface area contributed by atoms with Gasteiger partial charge in [-0.3, -0.25) is 4.79 Å². The normalized spacial score (nSPS) is 13.7. The third-order valence-electron chi connectivity index (χ3n) is 3.53. The standard InChI is InChI=1S/C17H25NO4S/c1-5-14(6-2)12-16(17(19)22-7-3)18-23(20,21)15-10-8-13(4)9-11-15/h5,8-11,16,18H,6-7,12H2,1-4H3/b14-5+. The molecule has 0 bridgehead atoms. The van der Waals surface area contributed by atoms with E-state index >= 15 is 0 Å². The van der Waals surface area contributed by atoms with Crippen molar-refractivity contribution in [1.29, 1.82) is 0 Å². The zero-order valence-corrected chi connectivity index (χ0v) is 14.9. The van der Waals surface area contributed by atoms with E-state index in [2.05, 4.69) is 4.72 Å². The van der Waals surface area contributed by atoms with Gasteiger partial charge in [0.25, 0.3) is 0 Å². The Morgan fingerprint density at radius 2 is 1.87 bits per heavy atom. The highest BCUT2D eigenvalue weighted by Crippen LogP contribution is 2.15. The molecule has 1 unspecified atom stereocenters. The van der Waals surface area contributed by atoms with Crippen LogP contribution in [0.1, 0.15) is 39.2 Å². The van der Waals surface area contributed by atoms with E-state index in [0.29, 0.717) is 6.42 Å². The Labute approximate surface area is 138 Å². The Bertz CT molecular complexity index is 648. The Hall–Kier alpha value is -1.66. The van der Waals surface area contributed by atoms with Gasteiger partial charge in [0.2, 0.25) is 10.0 Å². The number of hydrogen-bond donors (Lipinski definition) is 1. The summed E-state index contributed by atoms with van der Waals surface area (Å²) in [7, 11) is -3.78. The second-order valence-electron chi connectivity index (χ2n) is 5.24. The largest absolute Gasteiger partial charge is 0.465 e. The molecule has 1 atom stereocenters. The molecule has 0 aliphatic rings. The van der Waals surface area contributed by atoms with Gasteiger partial charge in [-0.25, -0.2) is 8.42 Å². The number of hydrogen-bond acceptors (Lipinski definition) is 4. The summed E-state index contributed by atoms with van der Waals surface area (Å²) in [6.45, 7) is 7.62. The minimum absolute atomic E-state index is 0.135. The van der Waals surface area contributed by atoms with Crippen molar-refractivity contribution in [3.8, 4) is 0 Å². The second-order valence-corrected chi connectivity index (χ2v) is 6.96. The van der Waals surface area contributed by atoms with Crippen LogP contribution in [0.3, 0.4) is 0 Å². The number of carbonyl (C=O) groups excluding carboxylic acids is 1. The fourth-order valence-corrected chi connectivity index (χ4v) is 3.30. The van der Waals surface area contributed by atoms with E-state index in [1.54, 1.807) is 19.1 Å². The van der Waals surface area contributed by atoms with Crippen LogP contribution >= 0.6 is 0 Å². The van der Waals surface area contributed by atoms with E-state index in [-0.39, 0.29) is 11.5 Å². The summed E-state index contributed by atoms with van der Waals surface area (Å²) in [5.74, 6) is -0.559. The van der Waals surface area contributed by atoms with Crippen LogP contribution < -0.4 is 4.72 Å². The first kappa shape index (κ1) is 19.4. The number of benzene rings is 1. The predicted molar refractivity (Wildman–Crippen MR) is 90.6 cm³/mol. The van der Waals surface area contributed by atoms with Crippen LogP contribution in [0, 0.1) is 6.92 Å². The summed E-state index contributed by atoms with van der Waals surface area (Å²) in [6.07, 6.45) is 2.95. The zero-order valence-electron chi connectivity index (χ0n) is 14.1. The number of esters is 1. The van der Waals surface area contributed by atoms with Gasteiger partial charge in [-0.05, 0) is 45.7 Å². The van der Waals surface area contributed by atoms with Crippen molar-refractivity contribution >= 4 is 16.0 Å². The van der Waals surface area contributed by atoms with Crippen LogP contribution in [0.5, 0.6) is 0 Å². The molecule has 0 aliphatic heterocycles. The molecule has 1 aromatic rings. The maximum Gasteiger partial charge on any atom is 0.324 e. The quantitative estimate of drug-likeness (QED) is 0.584. The lowest BCUT2D eigenvalue weighted by Gasteiger charge is -2.18. The van der Waals surface area contributed by atoms with Crippen LogP contribution in [0.15, 0.2) is 40.8 Å². The Balaban J connectivity index is 3.03. The monoisotopic (exact) mass is 339 g/mol. The molecule has 6 heteroatoms. The van der Waals surface area contributed by atoms with Gasteiger partial charge in [0, 0.05) is 0 Å². The van der Waals surface area contributed by atoms with Crippen LogP contribution in [0.25, 0.3) is 0 Å². The number of carbonyl (C=O) groups is 1. The molecule has 0 heterocycles. The minimum Gasteiger partial charge on any atom is -0.465 e. The molecule has 5 nitrogen and oxygen atoms in total. The Kier molecular flexibility index (Phi) is 7.45. The zero-order chi connectivity index (χ0) is 17.5. The SMILES string of the molecule is C/C=C(\CC)CC(NS(=O)(=O)c1ccc(C)cc1)C(=O)OCC. The number of ether oxygens (including phenoxy) is 1. The third kappa shape index (κ3) is 5.80. The van der Waals surface area contributed by atoms with Crippen molar-refractivity contribution in [2.45, 2.75) is 51.5 Å². The smallest absolute Gasteiger partial charge is 0.324 e. The molecular formula is C17H25NO4S. The molecule has 1 rings (SSSR count). The number of allylic oxidation sites excluding steroid dienone is 1. The van der Waals surface area contributed by atoms with Crippen molar-refractivity contribution in [2.24, 2.45) is 0 Å². The molecule has 0 aromatic heterocycles. The molecule has 1 N–H and O–H groups in total. The highest BCUT2D eigenvalue weighted by molar-refractivity contribution is 7.89. The van der Waals surface area contributed by atoms with Gasteiger partial charge in [-0.1, -0.05) is 36.3 Å². The predicted octanol–water partition coefficient (Wildman–Crippen LogP) is 2.95. The van der Waals surface area contributed by atoms with Gasteiger partial charge in [-0.15, -0.1) is 0 Å². The van der Waals surface area contributed by atoms with E-state index in [1.165, 1.54) is 12.1 Å². The molecule has 0 saturated heterocycles. The third-order valence-corrected chi connectivity index (χ3v) is 5.02. The summed E-state index contributed by atoms with van der Waals surface area (Å²) in [6, 6.07) is 5.56. The summed E-state index contributed by atoms with van der Waals surface area (Å²) in [5.41, 5.74) is 1.96. The lowest BCUT2D eigenvalue weighted by Crippen LogP contribution is -2.42. The average molecular weight is 339 g/mol. The highest BCUT2D eigenvalue weighted by atomic mass is 32.2. The molecular weight excluding hydrogens is 314 g/mol. The van der Waals surface area contributed by atoms with Gasteiger partial charge in [-0.2, -0.15) is 4.72 Å². The van der Waals surface area contributed by atoms with Crippen molar-refractivity contribution in [3.05, 3.63) is 41.5 Å². The van der Waals surface area contributed by atoms with Crippen LogP contribution in [-0.2, 0) is 19.6 Å². The first-order valence-corrected chi connectivity index (χ1v) is 9.22. The second kappa shape index (κ2) is 8.84. The van der Waals surface area contributed by atoms with E-state index in [0.717, 1.165) is 17.6 Å².